The van der Waals surface area contributed by atoms with Gasteiger partial charge in [0.2, 0.25) is 5.95 Å². The molecule has 3 N–H and O–H groups in total. The second kappa shape index (κ2) is 6.74. The standard InChI is InChI=1S/C21H26N6O/c1-2-28-16-5-3-15(4-6-16)27-13-24-17-12-23-20(26-19(17)27)25-18-10-21(18)8-7-14(9-21)11-22/h3-6,12-14,18H,2,7-11,22H2,1H3,(H,23,25,26)/t14-,18-,21+/m1/s1. The highest BCUT2D eigenvalue weighted by Gasteiger charge is 2.57. The van der Waals surface area contributed by atoms with Gasteiger partial charge in [-0.25, -0.2) is 9.97 Å². The second-order valence-electron chi connectivity index (χ2n) is 8.05. The van der Waals surface area contributed by atoms with Gasteiger partial charge < -0.3 is 15.8 Å². The quantitative estimate of drug-likeness (QED) is 0.685. The third kappa shape index (κ3) is 2.99. The molecule has 0 saturated heterocycles. The monoisotopic (exact) mass is 378 g/mol. The average Bonchev–Trinajstić information content (AvgIpc) is 3.05. The van der Waals surface area contributed by atoms with Crippen molar-refractivity contribution >= 4 is 17.1 Å². The van der Waals surface area contributed by atoms with Crippen molar-refractivity contribution < 1.29 is 4.74 Å². The van der Waals surface area contributed by atoms with Crippen molar-refractivity contribution in [1.29, 1.82) is 0 Å². The Bertz CT molecular complexity index is 984. The smallest absolute Gasteiger partial charge is 0.225 e. The molecule has 5 rings (SSSR count). The molecule has 1 aromatic carbocycles. The van der Waals surface area contributed by atoms with E-state index in [2.05, 4.69) is 15.3 Å². The zero-order chi connectivity index (χ0) is 19.1. The highest BCUT2D eigenvalue weighted by Crippen LogP contribution is 2.60. The van der Waals surface area contributed by atoms with Crippen LogP contribution in [0, 0.1) is 11.3 Å². The molecule has 3 aromatic rings. The summed E-state index contributed by atoms with van der Waals surface area (Å²) >= 11 is 0. The van der Waals surface area contributed by atoms with Crippen LogP contribution in [-0.4, -0.2) is 38.7 Å². The molecule has 0 bridgehead atoms. The molecule has 0 unspecified atom stereocenters. The Kier molecular flexibility index (Phi) is 4.19. The van der Waals surface area contributed by atoms with E-state index in [1.165, 1.54) is 25.7 Å². The van der Waals surface area contributed by atoms with Gasteiger partial charge in [-0.1, -0.05) is 0 Å². The summed E-state index contributed by atoms with van der Waals surface area (Å²) in [6.07, 6.45) is 8.52. The van der Waals surface area contributed by atoms with Gasteiger partial charge in [0, 0.05) is 11.7 Å². The molecule has 0 amide bonds. The molecule has 2 aliphatic carbocycles. The van der Waals surface area contributed by atoms with Gasteiger partial charge in [0.15, 0.2) is 5.65 Å². The Labute approximate surface area is 164 Å². The van der Waals surface area contributed by atoms with Gasteiger partial charge in [0.1, 0.15) is 17.6 Å². The molecular formula is C21H26N6O. The van der Waals surface area contributed by atoms with Gasteiger partial charge in [-0.3, -0.25) is 4.57 Å². The molecule has 7 heteroatoms. The number of nitrogens with two attached hydrogens (primary N) is 1. The molecule has 146 valence electrons. The highest BCUT2D eigenvalue weighted by atomic mass is 16.5. The Balaban J connectivity index is 1.37. The Hall–Kier alpha value is -2.67. The maximum Gasteiger partial charge on any atom is 0.225 e. The topological polar surface area (TPSA) is 90.9 Å². The summed E-state index contributed by atoms with van der Waals surface area (Å²) in [6, 6.07) is 8.42. The minimum absolute atomic E-state index is 0.414. The third-order valence-electron chi connectivity index (χ3n) is 6.29. The molecule has 2 heterocycles. The fourth-order valence-corrected chi connectivity index (χ4v) is 4.62. The van der Waals surface area contributed by atoms with Crippen molar-refractivity contribution in [1.82, 2.24) is 19.5 Å². The largest absolute Gasteiger partial charge is 0.494 e. The lowest BCUT2D eigenvalue weighted by Crippen LogP contribution is -2.15. The average molecular weight is 378 g/mol. The second-order valence-corrected chi connectivity index (χ2v) is 8.05. The van der Waals surface area contributed by atoms with Crippen LogP contribution in [0.4, 0.5) is 5.95 Å². The fourth-order valence-electron chi connectivity index (χ4n) is 4.62. The van der Waals surface area contributed by atoms with Crippen LogP contribution in [0.15, 0.2) is 36.8 Å². The summed E-state index contributed by atoms with van der Waals surface area (Å²) in [5.41, 5.74) is 8.88. The van der Waals surface area contributed by atoms with Crippen LogP contribution in [0.1, 0.15) is 32.6 Å². The van der Waals surface area contributed by atoms with E-state index < -0.39 is 0 Å². The highest BCUT2D eigenvalue weighted by molar-refractivity contribution is 5.73. The molecule has 1 spiro atoms. The van der Waals surface area contributed by atoms with Crippen molar-refractivity contribution in [2.24, 2.45) is 17.1 Å². The summed E-state index contributed by atoms with van der Waals surface area (Å²) in [5.74, 6) is 2.22. The number of benzene rings is 1. The molecule has 0 aliphatic heterocycles. The first-order valence-electron chi connectivity index (χ1n) is 10.1. The number of hydrogen-bond donors (Lipinski definition) is 2. The molecule has 7 nitrogen and oxygen atoms in total. The van der Waals surface area contributed by atoms with Crippen molar-refractivity contribution in [3.8, 4) is 11.4 Å². The normalized spacial score (nSPS) is 26.1. The van der Waals surface area contributed by atoms with E-state index in [1.807, 2.05) is 35.8 Å². The lowest BCUT2D eigenvalue weighted by molar-refractivity contribution is 0.340. The van der Waals surface area contributed by atoms with Crippen LogP contribution >= 0.6 is 0 Å². The first-order chi connectivity index (χ1) is 13.7. The lowest BCUT2D eigenvalue weighted by atomic mass is 10.0. The van der Waals surface area contributed by atoms with E-state index in [0.717, 1.165) is 29.1 Å². The maximum atomic E-state index is 5.87. The number of nitrogens with zero attached hydrogens (tertiary/aromatic N) is 4. The molecule has 3 atom stereocenters. The molecule has 0 radical (unpaired) electrons. The zero-order valence-corrected chi connectivity index (χ0v) is 16.1. The van der Waals surface area contributed by atoms with Gasteiger partial charge in [-0.2, -0.15) is 4.98 Å². The lowest BCUT2D eigenvalue weighted by Gasteiger charge is -2.11. The molecule has 2 aliphatic rings. The van der Waals surface area contributed by atoms with Crippen LogP contribution in [0.25, 0.3) is 16.9 Å². The van der Waals surface area contributed by atoms with Crippen LogP contribution < -0.4 is 15.8 Å². The molecule has 2 saturated carbocycles. The number of fused-ring (bicyclic) bond motifs is 1. The molecule has 2 aromatic heterocycles. The van der Waals surface area contributed by atoms with Crippen LogP contribution in [-0.2, 0) is 0 Å². The van der Waals surface area contributed by atoms with Crippen molar-refractivity contribution in [2.75, 3.05) is 18.5 Å². The molecular weight excluding hydrogens is 352 g/mol. The summed E-state index contributed by atoms with van der Waals surface area (Å²) in [5, 5.41) is 3.56. The number of hydrogen-bond acceptors (Lipinski definition) is 6. The zero-order valence-electron chi connectivity index (χ0n) is 16.1. The minimum Gasteiger partial charge on any atom is -0.494 e. The first-order valence-corrected chi connectivity index (χ1v) is 10.1. The summed E-state index contributed by atoms with van der Waals surface area (Å²) < 4.78 is 7.52. The van der Waals surface area contributed by atoms with Gasteiger partial charge in [-0.05, 0) is 74.8 Å². The third-order valence-corrected chi connectivity index (χ3v) is 6.29. The van der Waals surface area contributed by atoms with E-state index in [-0.39, 0.29) is 0 Å². The van der Waals surface area contributed by atoms with Crippen molar-refractivity contribution in [3.05, 3.63) is 36.8 Å². The van der Waals surface area contributed by atoms with Gasteiger partial charge in [0.05, 0.1) is 12.8 Å². The molecule has 28 heavy (non-hydrogen) atoms. The number of imidazole rings is 1. The van der Waals surface area contributed by atoms with Crippen molar-refractivity contribution in [3.63, 3.8) is 0 Å². The fraction of sp³-hybridized carbons (Fsp3) is 0.476. The number of ether oxygens (including phenoxy) is 1. The van der Waals surface area contributed by atoms with Crippen LogP contribution in [0.2, 0.25) is 0 Å². The van der Waals surface area contributed by atoms with Gasteiger partial charge >= 0.3 is 0 Å². The van der Waals surface area contributed by atoms with E-state index in [1.54, 1.807) is 12.5 Å². The summed E-state index contributed by atoms with van der Waals surface area (Å²) in [6.45, 7) is 3.44. The van der Waals surface area contributed by atoms with E-state index >= 15 is 0 Å². The van der Waals surface area contributed by atoms with Gasteiger partial charge in [0.25, 0.3) is 0 Å². The summed E-state index contributed by atoms with van der Waals surface area (Å²) in [7, 11) is 0. The SMILES string of the molecule is CCOc1ccc(-n2cnc3cnc(N[C@@H]4C[C@@]45CC[C@@H](CN)C5)nc32)cc1. The minimum atomic E-state index is 0.414. The number of anilines is 1. The Morgan fingerprint density at radius 3 is 2.86 bits per heavy atom. The van der Waals surface area contributed by atoms with Crippen LogP contribution in [0.3, 0.4) is 0 Å². The van der Waals surface area contributed by atoms with Crippen LogP contribution in [0.5, 0.6) is 5.75 Å². The van der Waals surface area contributed by atoms with E-state index in [9.17, 15) is 0 Å². The van der Waals surface area contributed by atoms with E-state index in [0.29, 0.717) is 29.9 Å². The summed E-state index contributed by atoms with van der Waals surface area (Å²) in [4.78, 5) is 13.7. The number of aromatic nitrogens is 4. The molecule has 2 fully saturated rings. The predicted molar refractivity (Wildman–Crippen MR) is 109 cm³/mol. The predicted octanol–water partition coefficient (Wildman–Crippen LogP) is 3.14. The van der Waals surface area contributed by atoms with E-state index in [4.69, 9.17) is 15.5 Å². The Morgan fingerprint density at radius 1 is 1.25 bits per heavy atom. The van der Waals surface area contributed by atoms with Crippen molar-refractivity contribution in [2.45, 2.75) is 38.6 Å². The number of rotatable bonds is 6. The first kappa shape index (κ1) is 17.4. The Morgan fingerprint density at radius 2 is 2.11 bits per heavy atom. The maximum absolute atomic E-state index is 5.87. The van der Waals surface area contributed by atoms with Gasteiger partial charge in [-0.15, -0.1) is 0 Å². The number of nitrogens with one attached hydrogen (secondary N) is 1.